The largest absolute Gasteiger partial charge is 0.484 e. The Balaban J connectivity index is 1.53. The molecule has 1 aliphatic heterocycles. The second kappa shape index (κ2) is 10.2. The van der Waals surface area contributed by atoms with E-state index in [0.717, 1.165) is 12.1 Å². The van der Waals surface area contributed by atoms with Gasteiger partial charge in [-0.25, -0.2) is 0 Å². The lowest BCUT2D eigenvalue weighted by atomic mass is 10.1. The molecule has 1 aliphatic rings. The van der Waals surface area contributed by atoms with Crippen LogP contribution in [0.2, 0.25) is 0 Å². The highest BCUT2D eigenvalue weighted by atomic mass is 19.4. The molecule has 1 atom stereocenters. The van der Waals surface area contributed by atoms with Gasteiger partial charge < -0.3 is 20.3 Å². The third-order valence-corrected chi connectivity index (χ3v) is 4.91. The molecule has 1 saturated heterocycles. The van der Waals surface area contributed by atoms with Crippen molar-refractivity contribution in [1.29, 1.82) is 0 Å². The van der Waals surface area contributed by atoms with Crippen molar-refractivity contribution < 1.29 is 32.3 Å². The van der Waals surface area contributed by atoms with Gasteiger partial charge in [0.2, 0.25) is 11.8 Å². The van der Waals surface area contributed by atoms with Crippen molar-refractivity contribution in [1.82, 2.24) is 5.32 Å². The molecule has 0 unspecified atom stereocenters. The molecule has 0 radical (unpaired) electrons. The van der Waals surface area contributed by atoms with Crippen molar-refractivity contribution in [2.45, 2.75) is 12.6 Å². The molecular weight excluding hydrogens is 439 g/mol. The highest BCUT2D eigenvalue weighted by molar-refractivity contribution is 6.00. The van der Waals surface area contributed by atoms with E-state index in [4.69, 9.17) is 4.74 Å². The van der Waals surface area contributed by atoms with Crippen LogP contribution in [0.25, 0.3) is 0 Å². The van der Waals surface area contributed by atoms with E-state index in [-0.39, 0.29) is 30.5 Å². The normalized spacial score (nSPS) is 15.8. The van der Waals surface area contributed by atoms with Crippen molar-refractivity contribution in [3.63, 3.8) is 0 Å². The lowest BCUT2D eigenvalue weighted by molar-refractivity contribution is -0.137. The average molecular weight is 461 g/mol. The summed E-state index contributed by atoms with van der Waals surface area (Å²) in [5, 5.41) is 5.04. The highest BCUT2D eigenvalue weighted by Gasteiger charge is 2.35. The fraction of sp³-hybridized carbons (Fsp3) is 0.261. The number of nitrogens with zero attached hydrogens (tertiary/aromatic N) is 1. The number of hydrogen-bond acceptors (Lipinski definition) is 4. The Morgan fingerprint density at radius 3 is 2.58 bits per heavy atom. The van der Waals surface area contributed by atoms with Gasteiger partial charge in [-0.15, -0.1) is 6.58 Å². The van der Waals surface area contributed by atoms with E-state index >= 15 is 0 Å². The number of anilines is 2. The van der Waals surface area contributed by atoms with E-state index in [1.807, 2.05) is 0 Å². The third-order valence-electron chi connectivity index (χ3n) is 4.91. The Hall–Kier alpha value is -3.82. The zero-order valence-corrected chi connectivity index (χ0v) is 17.5. The van der Waals surface area contributed by atoms with E-state index < -0.39 is 30.2 Å². The fourth-order valence-electron chi connectivity index (χ4n) is 3.29. The van der Waals surface area contributed by atoms with Crippen molar-refractivity contribution in [3.05, 3.63) is 66.7 Å². The number of hydrogen-bond donors (Lipinski definition) is 2. The summed E-state index contributed by atoms with van der Waals surface area (Å²) in [6.45, 7) is 3.70. The number of benzene rings is 2. The second-order valence-corrected chi connectivity index (χ2v) is 7.35. The maximum atomic E-state index is 12.8. The quantitative estimate of drug-likeness (QED) is 0.590. The van der Waals surface area contributed by atoms with Crippen LogP contribution in [0.15, 0.2) is 61.2 Å². The van der Waals surface area contributed by atoms with E-state index in [2.05, 4.69) is 17.2 Å². The number of nitrogens with one attached hydrogen (secondary N) is 2. The van der Waals surface area contributed by atoms with Crippen LogP contribution in [0.4, 0.5) is 24.5 Å². The first-order valence-electron chi connectivity index (χ1n) is 10.1. The summed E-state index contributed by atoms with van der Waals surface area (Å²) in [6.07, 6.45) is -2.84. The molecule has 2 N–H and O–H groups in total. The summed E-state index contributed by atoms with van der Waals surface area (Å²) >= 11 is 0. The first kappa shape index (κ1) is 23.8. The van der Waals surface area contributed by atoms with Gasteiger partial charge in [0.25, 0.3) is 5.91 Å². The maximum absolute atomic E-state index is 12.8. The van der Waals surface area contributed by atoms with Gasteiger partial charge in [0, 0.05) is 30.9 Å². The molecule has 2 aromatic carbocycles. The molecule has 0 saturated carbocycles. The molecule has 174 valence electrons. The van der Waals surface area contributed by atoms with Gasteiger partial charge in [0.05, 0.1) is 11.5 Å². The predicted octanol–water partition coefficient (Wildman–Crippen LogP) is 3.38. The molecule has 3 rings (SSSR count). The van der Waals surface area contributed by atoms with Crippen LogP contribution in [-0.4, -0.2) is 37.4 Å². The molecule has 1 heterocycles. The Morgan fingerprint density at radius 1 is 1.18 bits per heavy atom. The van der Waals surface area contributed by atoms with Crippen molar-refractivity contribution in [2.24, 2.45) is 5.92 Å². The number of ether oxygens (including phenoxy) is 1. The fourth-order valence-corrected chi connectivity index (χ4v) is 3.29. The lowest BCUT2D eigenvalue weighted by Gasteiger charge is -2.17. The van der Waals surface area contributed by atoms with Crippen LogP contribution in [-0.2, 0) is 20.6 Å². The van der Waals surface area contributed by atoms with E-state index in [1.165, 1.54) is 17.0 Å². The van der Waals surface area contributed by atoms with E-state index in [9.17, 15) is 27.6 Å². The van der Waals surface area contributed by atoms with Gasteiger partial charge >= 0.3 is 6.18 Å². The number of alkyl halides is 3. The summed E-state index contributed by atoms with van der Waals surface area (Å²) in [7, 11) is 0. The topological polar surface area (TPSA) is 87.7 Å². The minimum atomic E-state index is -4.51. The smallest absolute Gasteiger partial charge is 0.416 e. The maximum Gasteiger partial charge on any atom is 0.416 e. The molecule has 10 heteroatoms. The zero-order valence-electron chi connectivity index (χ0n) is 17.5. The zero-order chi connectivity index (χ0) is 24.0. The first-order chi connectivity index (χ1) is 15.7. The molecule has 0 spiro atoms. The third kappa shape index (κ3) is 6.34. The Labute approximate surface area is 188 Å². The number of rotatable bonds is 8. The Bertz CT molecular complexity index is 1040. The van der Waals surface area contributed by atoms with Gasteiger partial charge in [-0.2, -0.15) is 13.2 Å². The summed E-state index contributed by atoms with van der Waals surface area (Å²) in [4.78, 5) is 37.9. The molecular formula is C23H22F3N3O4. The number of amides is 3. The Kier molecular flexibility index (Phi) is 7.37. The standard InChI is InChI=1S/C23H22F3N3O4/c1-2-10-27-22(32)15-11-21(31)29(13-15)18-6-8-19(9-7-18)33-14-20(30)28-17-5-3-4-16(12-17)23(24,25)26/h2-9,12,15H,1,10-11,13-14H2,(H,27,32)(H,28,30)/t15-/m1/s1. The monoisotopic (exact) mass is 461 g/mol. The molecule has 0 bridgehead atoms. The molecule has 3 amide bonds. The second-order valence-electron chi connectivity index (χ2n) is 7.35. The molecule has 7 nitrogen and oxygen atoms in total. The van der Waals surface area contributed by atoms with Crippen LogP contribution in [0.5, 0.6) is 5.75 Å². The molecule has 0 aliphatic carbocycles. The van der Waals surface area contributed by atoms with Crippen molar-refractivity contribution in [3.8, 4) is 5.75 Å². The lowest BCUT2D eigenvalue weighted by Crippen LogP contribution is -2.32. The predicted molar refractivity (Wildman–Crippen MR) is 116 cm³/mol. The van der Waals surface area contributed by atoms with Crippen LogP contribution >= 0.6 is 0 Å². The molecule has 0 aromatic heterocycles. The average Bonchev–Trinajstić information content (AvgIpc) is 3.17. The molecule has 1 fully saturated rings. The van der Waals surface area contributed by atoms with Crippen LogP contribution < -0.4 is 20.3 Å². The van der Waals surface area contributed by atoms with Crippen molar-refractivity contribution >= 4 is 29.1 Å². The van der Waals surface area contributed by atoms with E-state index in [0.29, 0.717) is 18.0 Å². The van der Waals surface area contributed by atoms with Crippen LogP contribution in [0, 0.1) is 5.92 Å². The van der Waals surface area contributed by atoms with E-state index in [1.54, 1.807) is 30.3 Å². The SMILES string of the molecule is C=CCNC(=O)[C@@H]1CC(=O)N(c2ccc(OCC(=O)Nc3cccc(C(F)(F)F)c3)cc2)C1. The number of carbonyl (C=O) groups is 3. The molecule has 2 aromatic rings. The van der Waals surface area contributed by atoms with Gasteiger partial charge in [0.1, 0.15) is 5.75 Å². The number of halogens is 3. The van der Waals surface area contributed by atoms with Gasteiger partial charge in [-0.1, -0.05) is 12.1 Å². The summed E-state index contributed by atoms with van der Waals surface area (Å²) in [5.41, 5.74) is -0.276. The van der Waals surface area contributed by atoms with Crippen molar-refractivity contribution in [2.75, 3.05) is 29.9 Å². The summed E-state index contributed by atoms with van der Waals surface area (Å²) in [5.74, 6) is -1.13. The van der Waals surface area contributed by atoms with Gasteiger partial charge in [-0.3, -0.25) is 14.4 Å². The first-order valence-corrected chi connectivity index (χ1v) is 10.1. The summed E-state index contributed by atoms with van der Waals surface area (Å²) in [6, 6.07) is 10.7. The number of carbonyl (C=O) groups excluding carboxylic acids is 3. The molecule has 33 heavy (non-hydrogen) atoms. The van der Waals surface area contributed by atoms with Crippen LogP contribution in [0.3, 0.4) is 0 Å². The minimum Gasteiger partial charge on any atom is -0.484 e. The van der Waals surface area contributed by atoms with Gasteiger partial charge in [0.15, 0.2) is 6.61 Å². The summed E-state index contributed by atoms with van der Waals surface area (Å²) < 4.78 is 43.7. The minimum absolute atomic E-state index is 0.00741. The van der Waals surface area contributed by atoms with Gasteiger partial charge in [-0.05, 0) is 42.5 Å². The van der Waals surface area contributed by atoms with Crippen LogP contribution in [0.1, 0.15) is 12.0 Å². The Morgan fingerprint density at radius 2 is 1.91 bits per heavy atom. The highest BCUT2D eigenvalue weighted by Crippen LogP contribution is 2.31.